The zero-order valence-electron chi connectivity index (χ0n) is 17.6. The molecule has 3 N–H and O–H groups in total. The predicted molar refractivity (Wildman–Crippen MR) is 114 cm³/mol. The van der Waals surface area contributed by atoms with Crippen LogP contribution in [0.2, 0.25) is 0 Å². The first kappa shape index (κ1) is 22.5. The highest BCUT2D eigenvalue weighted by atomic mass is 35.5. The molecule has 0 spiro atoms. The quantitative estimate of drug-likeness (QED) is 0.564. The Balaban J connectivity index is 1.83. The molecule has 4 unspecified atom stereocenters. The van der Waals surface area contributed by atoms with Gasteiger partial charge in [-0.15, -0.1) is 11.6 Å². The molecular formula is C21H30ClN3O5. The highest BCUT2D eigenvalue weighted by Crippen LogP contribution is 2.41. The van der Waals surface area contributed by atoms with Crippen molar-refractivity contribution >= 4 is 23.6 Å². The molecule has 0 radical (unpaired) electrons. The highest BCUT2D eigenvalue weighted by molar-refractivity contribution is 6.18. The van der Waals surface area contributed by atoms with Crippen molar-refractivity contribution in [2.24, 2.45) is 5.92 Å². The van der Waals surface area contributed by atoms with Gasteiger partial charge >= 0.3 is 6.09 Å². The molecule has 0 aromatic heterocycles. The summed E-state index contributed by atoms with van der Waals surface area (Å²) in [5.41, 5.74) is 2.30. The number of carbonyl (C=O) groups is 2. The molecule has 0 saturated carbocycles. The molecule has 3 rings (SSSR count). The van der Waals surface area contributed by atoms with Gasteiger partial charge < -0.3 is 25.2 Å². The number of hydrogen-bond donors (Lipinski definition) is 3. The summed E-state index contributed by atoms with van der Waals surface area (Å²) >= 11 is 5.82. The van der Waals surface area contributed by atoms with Crippen molar-refractivity contribution in [3.63, 3.8) is 0 Å². The number of piperidine rings is 1. The molecule has 2 aliphatic heterocycles. The van der Waals surface area contributed by atoms with Gasteiger partial charge in [0.05, 0.1) is 26.3 Å². The smallest absolute Gasteiger partial charge is 0.404 e. The van der Waals surface area contributed by atoms with Gasteiger partial charge in [-0.1, -0.05) is 6.92 Å². The number of ether oxygens (including phenoxy) is 2. The molecule has 0 aliphatic carbocycles. The van der Waals surface area contributed by atoms with E-state index in [0.717, 1.165) is 18.5 Å². The van der Waals surface area contributed by atoms with E-state index in [1.165, 1.54) is 5.56 Å². The van der Waals surface area contributed by atoms with E-state index in [2.05, 4.69) is 15.5 Å². The molecule has 2 heterocycles. The minimum Gasteiger partial charge on any atom is -0.493 e. The number of methoxy groups -OCH3 is 2. The number of carbonyl (C=O) groups excluding carboxylic acids is 1. The summed E-state index contributed by atoms with van der Waals surface area (Å²) in [6.45, 7) is 3.32. The van der Waals surface area contributed by atoms with Crippen LogP contribution in [0.5, 0.6) is 11.5 Å². The van der Waals surface area contributed by atoms with E-state index in [1.54, 1.807) is 14.2 Å². The van der Waals surface area contributed by atoms with Crippen LogP contribution in [0.4, 0.5) is 4.79 Å². The monoisotopic (exact) mass is 439 g/mol. The first-order chi connectivity index (χ1) is 14.4. The number of carboxylic acid groups (broad SMARTS) is 1. The molecule has 2 amide bonds. The van der Waals surface area contributed by atoms with Crippen molar-refractivity contribution in [3.8, 4) is 11.5 Å². The topological polar surface area (TPSA) is 100 Å². The second-order valence-electron chi connectivity index (χ2n) is 8.10. The maximum atomic E-state index is 12.4. The van der Waals surface area contributed by atoms with Gasteiger partial charge in [0.2, 0.25) is 5.91 Å². The highest BCUT2D eigenvalue weighted by Gasteiger charge is 2.40. The third kappa shape index (κ3) is 4.92. The molecule has 30 heavy (non-hydrogen) atoms. The van der Waals surface area contributed by atoms with Gasteiger partial charge in [0, 0.05) is 31.4 Å². The molecular weight excluding hydrogens is 410 g/mol. The predicted octanol–water partition coefficient (Wildman–Crippen LogP) is 2.39. The summed E-state index contributed by atoms with van der Waals surface area (Å²) in [5.74, 6) is 1.72. The van der Waals surface area contributed by atoms with Gasteiger partial charge in [0.15, 0.2) is 11.5 Å². The number of rotatable bonds is 7. The Kier molecular flexibility index (Phi) is 7.31. The van der Waals surface area contributed by atoms with Crippen LogP contribution in [-0.4, -0.2) is 67.3 Å². The normalized spacial score (nSPS) is 24.2. The molecule has 1 aromatic rings. The van der Waals surface area contributed by atoms with Crippen molar-refractivity contribution in [2.45, 2.75) is 44.3 Å². The number of benzene rings is 1. The number of amides is 2. The van der Waals surface area contributed by atoms with Crippen LogP contribution in [0, 0.1) is 5.92 Å². The third-order valence-electron chi connectivity index (χ3n) is 5.96. The van der Waals surface area contributed by atoms with E-state index >= 15 is 0 Å². The molecule has 166 valence electrons. The SMILES string of the molecule is COc1cc2c(cc1OC)C1CC(NC(=O)O)C(NC(=O)CC(C)CCl)CN1CC2. The summed E-state index contributed by atoms with van der Waals surface area (Å²) in [6.07, 6.45) is 0.645. The van der Waals surface area contributed by atoms with Crippen molar-refractivity contribution < 1.29 is 24.2 Å². The second kappa shape index (κ2) is 9.75. The lowest BCUT2D eigenvalue weighted by molar-refractivity contribution is -0.123. The van der Waals surface area contributed by atoms with Crippen molar-refractivity contribution in [3.05, 3.63) is 23.3 Å². The number of fused-ring (bicyclic) bond motifs is 3. The van der Waals surface area contributed by atoms with E-state index in [4.69, 9.17) is 21.1 Å². The average Bonchev–Trinajstić information content (AvgIpc) is 2.72. The first-order valence-corrected chi connectivity index (χ1v) is 10.7. The minimum absolute atomic E-state index is 0.0420. The van der Waals surface area contributed by atoms with Crippen molar-refractivity contribution in [1.29, 1.82) is 0 Å². The Bertz CT molecular complexity index is 790. The van der Waals surface area contributed by atoms with Gasteiger partial charge in [-0.2, -0.15) is 0 Å². The van der Waals surface area contributed by atoms with Gasteiger partial charge in [-0.3, -0.25) is 9.69 Å². The number of nitrogens with zero attached hydrogens (tertiary/aromatic N) is 1. The Hall–Kier alpha value is -2.19. The van der Waals surface area contributed by atoms with Crippen LogP contribution >= 0.6 is 11.6 Å². The van der Waals surface area contributed by atoms with Crippen LogP contribution in [0.25, 0.3) is 0 Å². The lowest BCUT2D eigenvalue weighted by Gasteiger charge is -2.47. The summed E-state index contributed by atoms with van der Waals surface area (Å²) in [5, 5.41) is 15.0. The molecule has 2 aliphatic rings. The lowest BCUT2D eigenvalue weighted by Crippen LogP contribution is -2.62. The fourth-order valence-electron chi connectivity index (χ4n) is 4.46. The van der Waals surface area contributed by atoms with Gasteiger partial charge in [-0.25, -0.2) is 4.79 Å². The standard InChI is InChI=1S/C21H30ClN3O5/c1-12(10-22)6-20(26)23-16-11-25-5-4-13-7-18(29-2)19(30-3)8-14(13)17(25)9-15(16)24-21(27)28/h7-8,12,15-17,24H,4-6,9-11H2,1-3H3,(H,23,26)(H,27,28). The number of alkyl halides is 1. The minimum atomic E-state index is -1.09. The van der Waals surface area contributed by atoms with Crippen molar-refractivity contribution in [1.82, 2.24) is 15.5 Å². The Morgan fingerprint density at radius 3 is 2.57 bits per heavy atom. The fourth-order valence-corrected chi connectivity index (χ4v) is 4.57. The van der Waals surface area contributed by atoms with E-state index in [1.807, 2.05) is 19.1 Å². The molecule has 0 bridgehead atoms. The van der Waals surface area contributed by atoms with E-state index in [0.29, 0.717) is 36.8 Å². The second-order valence-corrected chi connectivity index (χ2v) is 8.40. The fraction of sp³-hybridized carbons (Fsp3) is 0.619. The first-order valence-electron chi connectivity index (χ1n) is 10.2. The molecule has 9 heteroatoms. The van der Waals surface area contributed by atoms with Crippen LogP contribution < -0.4 is 20.1 Å². The van der Waals surface area contributed by atoms with E-state index in [-0.39, 0.29) is 23.9 Å². The number of hydrogen-bond acceptors (Lipinski definition) is 5. The number of halogens is 1. The Morgan fingerprint density at radius 1 is 1.23 bits per heavy atom. The van der Waals surface area contributed by atoms with E-state index in [9.17, 15) is 14.7 Å². The molecule has 8 nitrogen and oxygen atoms in total. The third-order valence-corrected chi connectivity index (χ3v) is 6.49. The van der Waals surface area contributed by atoms with Gasteiger partial charge in [0.25, 0.3) is 0 Å². The molecule has 1 saturated heterocycles. The summed E-state index contributed by atoms with van der Waals surface area (Å²) in [7, 11) is 3.22. The average molecular weight is 440 g/mol. The maximum Gasteiger partial charge on any atom is 0.404 e. The summed E-state index contributed by atoms with van der Waals surface area (Å²) < 4.78 is 10.9. The van der Waals surface area contributed by atoms with Crippen LogP contribution in [0.3, 0.4) is 0 Å². The zero-order valence-corrected chi connectivity index (χ0v) is 18.4. The van der Waals surface area contributed by atoms with Crippen LogP contribution in [0.15, 0.2) is 12.1 Å². The zero-order chi connectivity index (χ0) is 21.8. The molecule has 4 atom stereocenters. The van der Waals surface area contributed by atoms with Crippen LogP contribution in [-0.2, 0) is 11.2 Å². The molecule has 1 fully saturated rings. The summed E-state index contributed by atoms with van der Waals surface area (Å²) in [6, 6.07) is 3.35. The van der Waals surface area contributed by atoms with Gasteiger partial charge in [-0.05, 0) is 42.0 Å². The Morgan fingerprint density at radius 2 is 1.93 bits per heavy atom. The summed E-state index contributed by atoms with van der Waals surface area (Å²) in [4.78, 5) is 26.2. The number of nitrogens with one attached hydrogen (secondary N) is 2. The lowest BCUT2D eigenvalue weighted by atomic mass is 9.82. The van der Waals surface area contributed by atoms with Gasteiger partial charge in [0.1, 0.15) is 0 Å². The van der Waals surface area contributed by atoms with E-state index < -0.39 is 12.1 Å². The van der Waals surface area contributed by atoms with Crippen molar-refractivity contribution in [2.75, 3.05) is 33.2 Å². The van der Waals surface area contributed by atoms with Crippen LogP contribution in [0.1, 0.15) is 36.9 Å². The largest absolute Gasteiger partial charge is 0.493 e. The maximum absolute atomic E-state index is 12.4. The molecule has 1 aromatic carbocycles. The Labute approximate surface area is 181 Å².